The number of nitrogens with zero attached hydrogens (tertiary/aromatic N) is 2. The van der Waals surface area contributed by atoms with Crippen molar-refractivity contribution < 1.29 is 13.9 Å². The predicted octanol–water partition coefficient (Wildman–Crippen LogP) is 3.90. The van der Waals surface area contributed by atoms with E-state index in [0.29, 0.717) is 16.4 Å². The van der Waals surface area contributed by atoms with E-state index in [0.717, 1.165) is 12.0 Å². The average Bonchev–Trinajstić information content (AvgIpc) is 2.55. The van der Waals surface area contributed by atoms with Gasteiger partial charge in [-0.25, -0.2) is 9.18 Å². The molecular formula is C18H21BrClFN2O3. The van der Waals surface area contributed by atoms with Gasteiger partial charge >= 0.3 is 5.97 Å². The van der Waals surface area contributed by atoms with Crippen molar-refractivity contribution in [3.8, 4) is 0 Å². The van der Waals surface area contributed by atoms with Gasteiger partial charge in [-0.3, -0.25) is 9.69 Å². The van der Waals surface area contributed by atoms with Gasteiger partial charge in [-0.05, 0) is 68.3 Å². The predicted molar refractivity (Wildman–Crippen MR) is 105 cm³/mol. The minimum atomic E-state index is -0.695. The summed E-state index contributed by atoms with van der Waals surface area (Å²) in [5.74, 6) is -1.19. The van der Waals surface area contributed by atoms with Crippen LogP contribution in [0.4, 0.5) is 4.39 Å². The highest BCUT2D eigenvalue weighted by atomic mass is 79.9. The maximum absolute atomic E-state index is 14.3. The van der Waals surface area contributed by atoms with Gasteiger partial charge < -0.3 is 9.30 Å². The van der Waals surface area contributed by atoms with E-state index in [1.807, 2.05) is 11.5 Å². The molecule has 5 nitrogen and oxygen atoms in total. The summed E-state index contributed by atoms with van der Waals surface area (Å²) in [6.45, 7) is 3.74. The number of esters is 1. The van der Waals surface area contributed by atoms with E-state index in [2.05, 4.69) is 15.9 Å². The van der Waals surface area contributed by atoms with E-state index >= 15 is 0 Å². The Morgan fingerprint density at radius 3 is 2.73 bits per heavy atom. The summed E-state index contributed by atoms with van der Waals surface area (Å²) in [6.07, 6.45) is 2.55. The summed E-state index contributed by atoms with van der Waals surface area (Å²) in [5, 5.41) is 0.217. The number of aryl methyl sites for hydroxylation is 1. The minimum absolute atomic E-state index is 0. The van der Waals surface area contributed by atoms with Crippen molar-refractivity contribution in [2.24, 2.45) is 0 Å². The quantitative estimate of drug-likeness (QED) is 0.529. The molecule has 1 aromatic heterocycles. The molecule has 0 bridgehead atoms. The van der Waals surface area contributed by atoms with Crippen molar-refractivity contribution in [2.45, 2.75) is 39.0 Å². The largest absolute Gasteiger partial charge is 0.443 e. The molecule has 2 heterocycles. The van der Waals surface area contributed by atoms with Gasteiger partial charge in [-0.1, -0.05) is 0 Å². The van der Waals surface area contributed by atoms with Crippen molar-refractivity contribution in [1.82, 2.24) is 9.47 Å². The number of hydrogen-bond acceptors (Lipinski definition) is 4. The normalized spacial score (nSPS) is 17.1. The molecule has 142 valence electrons. The Morgan fingerprint density at radius 2 is 2.12 bits per heavy atom. The lowest BCUT2D eigenvalue weighted by atomic mass is 9.96. The number of benzene rings is 1. The maximum Gasteiger partial charge on any atom is 0.345 e. The summed E-state index contributed by atoms with van der Waals surface area (Å²) < 4.78 is 21.9. The highest BCUT2D eigenvalue weighted by Gasteiger charge is 2.27. The van der Waals surface area contributed by atoms with Crippen LogP contribution >= 0.6 is 28.3 Å². The van der Waals surface area contributed by atoms with Crippen LogP contribution in [0.5, 0.6) is 0 Å². The second-order valence-electron chi connectivity index (χ2n) is 6.68. The molecule has 8 heteroatoms. The molecule has 0 N–H and O–H groups in total. The third-order valence-corrected chi connectivity index (χ3v) is 5.67. The van der Waals surface area contributed by atoms with E-state index < -0.39 is 23.4 Å². The molecule has 2 atom stereocenters. The first kappa shape index (κ1) is 20.9. The third kappa shape index (κ3) is 3.40. The maximum atomic E-state index is 14.3. The van der Waals surface area contributed by atoms with Crippen LogP contribution in [0.2, 0.25) is 0 Å². The first-order valence-corrected chi connectivity index (χ1v) is 8.94. The molecule has 2 unspecified atom stereocenters. The van der Waals surface area contributed by atoms with Gasteiger partial charge in [0, 0.05) is 17.6 Å². The van der Waals surface area contributed by atoms with Gasteiger partial charge in [-0.2, -0.15) is 0 Å². The summed E-state index contributed by atoms with van der Waals surface area (Å²) >= 11 is 3.28. The molecule has 0 saturated carbocycles. The Labute approximate surface area is 165 Å². The molecule has 0 spiro atoms. The fourth-order valence-electron chi connectivity index (χ4n) is 3.08. The van der Waals surface area contributed by atoms with Crippen LogP contribution in [0.3, 0.4) is 0 Å². The van der Waals surface area contributed by atoms with Gasteiger partial charge in [0.15, 0.2) is 6.23 Å². The Kier molecular flexibility index (Phi) is 6.15. The molecule has 0 aliphatic carbocycles. The van der Waals surface area contributed by atoms with Crippen LogP contribution in [0.1, 0.15) is 42.2 Å². The van der Waals surface area contributed by atoms with E-state index in [-0.39, 0.29) is 29.4 Å². The SMILES string of the molecule is CC(OC(=O)c1cn2c3c(c(Br)c(F)cc3c1=O)CCC2C)N(C)C.Cl. The summed E-state index contributed by atoms with van der Waals surface area (Å²) in [4.78, 5) is 27.0. The summed E-state index contributed by atoms with van der Waals surface area (Å²) in [7, 11) is 3.55. The van der Waals surface area contributed by atoms with Crippen molar-refractivity contribution in [1.29, 1.82) is 0 Å². The monoisotopic (exact) mass is 446 g/mol. The lowest BCUT2D eigenvalue weighted by Gasteiger charge is -2.27. The molecule has 0 radical (unpaired) electrons. The molecule has 1 aliphatic rings. The first-order chi connectivity index (χ1) is 11.7. The molecule has 0 amide bonds. The van der Waals surface area contributed by atoms with Crippen LogP contribution in [-0.4, -0.2) is 35.8 Å². The molecule has 1 aromatic carbocycles. The van der Waals surface area contributed by atoms with E-state index in [1.165, 1.54) is 6.07 Å². The zero-order valence-corrected chi connectivity index (χ0v) is 17.4. The second kappa shape index (κ2) is 7.66. The fraction of sp³-hybridized carbons (Fsp3) is 0.444. The van der Waals surface area contributed by atoms with Crippen molar-refractivity contribution in [3.63, 3.8) is 0 Å². The standard InChI is InChI=1S/C18H20BrFN2O3.ClH/c1-9-5-6-11-15(19)14(20)7-12-16(11)22(9)8-13(17(12)23)18(24)25-10(2)21(3)4;/h7-10H,5-6H2,1-4H3;1H. The van der Waals surface area contributed by atoms with Crippen LogP contribution in [0.15, 0.2) is 21.5 Å². The van der Waals surface area contributed by atoms with Gasteiger partial charge in [-0.15, -0.1) is 12.4 Å². The van der Waals surface area contributed by atoms with Gasteiger partial charge in [0.2, 0.25) is 5.43 Å². The van der Waals surface area contributed by atoms with Gasteiger partial charge in [0.05, 0.1) is 9.99 Å². The zero-order chi connectivity index (χ0) is 18.5. The Morgan fingerprint density at radius 1 is 1.46 bits per heavy atom. The number of halogens is 3. The number of rotatable bonds is 3. The van der Waals surface area contributed by atoms with Crippen molar-refractivity contribution >= 4 is 45.2 Å². The number of hydrogen-bond donors (Lipinski definition) is 0. The number of carbonyl (C=O) groups is 1. The fourth-order valence-corrected chi connectivity index (χ4v) is 3.58. The summed E-state index contributed by atoms with van der Waals surface area (Å²) in [6, 6.07) is 1.30. The lowest BCUT2D eigenvalue weighted by Crippen LogP contribution is -2.32. The average molecular weight is 448 g/mol. The highest BCUT2D eigenvalue weighted by Crippen LogP contribution is 2.36. The molecule has 2 aromatic rings. The number of carbonyl (C=O) groups excluding carboxylic acids is 1. The highest BCUT2D eigenvalue weighted by molar-refractivity contribution is 9.10. The van der Waals surface area contributed by atoms with Crippen molar-refractivity contribution in [2.75, 3.05) is 14.1 Å². The number of ether oxygens (including phenoxy) is 1. The van der Waals surface area contributed by atoms with Gasteiger partial charge in [0.25, 0.3) is 0 Å². The smallest absolute Gasteiger partial charge is 0.345 e. The van der Waals surface area contributed by atoms with Crippen molar-refractivity contribution in [3.05, 3.63) is 43.9 Å². The second-order valence-corrected chi connectivity index (χ2v) is 7.48. The van der Waals surface area contributed by atoms with E-state index in [4.69, 9.17) is 4.74 Å². The topological polar surface area (TPSA) is 51.5 Å². The van der Waals surface area contributed by atoms with E-state index in [1.54, 1.807) is 32.1 Å². The number of pyridine rings is 1. The van der Waals surface area contributed by atoms with Crippen LogP contribution < -0.4 is 5.43 Å². The zero-order valence-electron chi connectivity index (χ0n) is 15.0. The molecule has 1 aliphatic heterocycles. The molecule has 26 heavy (non-hydrogen) atoms. The third-order valence-electron chi connectivity index (χ3n) is 4.81. The molecule has 0 saturated heterocycles. The first-order valence-electron chi connectivity index (χ1n) is 8.15. The summed E-state index contributed by atoms with van der Waals surface area (Å²) in [5.41, 5.74) is 0.896. The number of aromatic nitrogens is 1. The van der Waals surface area contributed by atoms with E-state index in [9.17, 15) is 14.0 Å². The Bertz CT molecular complexity index is 929. The van der Waals surface area contributed by atoms with Crippen LogP contribution in [0, 0.1) is 5.82 Å². The van der Waals surface area contributed by atoms with Gasteiger partial charge in [0.1, 0.15) is 11.4 Å². The lowest BCUT2D eigenvalue weighted by molar-refractivity contribution is -0.00566. The molecule has 3 rings (SSSR count). The molecular weight excluding hydrogens is 427 g/mol. The molecule has 0 fully saturated rings. The van der Waals surface area contributed by atoms with Crippen LogP contribution in [-0.2, 0) is 11.2 Å². The Hall–Kier alpha value is -1.44. The minimum Gasteiger partial charge on any atom is -0.443 e. The van der Waals surface area contributed by atoms with Crippen LogP contribution in [0.25, 0.3) is 10.9 Å². The Balaban J connectivity index is 0.00000243.